The zero-order chi connectivity index (χ0) is 20.1. The summed E-state index contributed by atoms with van der Waals surface area (Å²) in [4.78, 5) is 5.21. The predicted molar refractivity (Wildman–Crippen MR) is 109 cm³/mol. The van der Waals surface area contributed by atoms with Crippen molar-refractivity contribution in [2.24, 2.45) is 0 Å². The van der Waals surface area contributed by atoms with Crippen LogP contribution in [0.5, 0.6) is 0 Å². The van der Waals surface area contributed by atoms with Gasteiger partial charge in [0.2, 0.25) is 10.0 Å². The van der Waals surface area contributed by atoms with Gasteiger partial charge in [0.15, 0.2) is 0 Å². The van der Waals surface area contributed by atoms with E-state index in [2.05, 4.69) is 34.7 Å². The van der Waals surface area contributed by atoms with E-state index in [-0.39, 0.29) is 12.0 Å². The zero-order valence-corrected chi connectivity index (χ0v) is 17.6. The van der Waals surface area contributed by atoms with E-state index in [4.69, 9.17) is 4.98 Å². The average Bonchev–Trinajstić information content (AvgIpc) is 3.22. The third kappa shape index (κ3) is 3.04. The first kappa shape index (κ1) is 19.1. The van der Waals surface area contributed by atoms with Crippen LogP contribution in [0, 0.1) is 13.8 Å². The molecule has 7 nitrogen and oxygen atoms in total. The predicted octanol–water partition coefficient (Wildman–Crippen LogP) is 3.53. The van der Waals surface area contributed by atoms with Crippen LogP contribution >= 0.6 is 0 Å². The summed E-state index contributed by atoms with van der Waals surface area (Å²) in [7, 11) is -3.58. The monoisotopic (exact) mass is 401 g/mol. The van der Waals surface area contributed by atoms with E-state index in [0.717, 1.165) is 29.7 Å². The number of piperidine rings is 1. The minimum Gasteiger partial charge on any atom is -0.325 e. The van der Waals surface area contributed by atoms with Crippen molar-refractivity contribution < 1.29 is 8.42 Å². The normalized spacial score (nSPS) is 19.0. The van der Waals surface area contributed by atoms with Crippen molar-refractivity contribution in [3.8, 4) is 0 Å². The Morgan fingerprint density at radius 1 is 1.21 bits per heavy atom. The number of nitrogens with one attached hydrogen (secondary N) is 1. The second-order valence-corrected chi connectivity index (χ2v) is 9.76. The minimum absolute atomic E-state index is 0.0749. The molecule has 28 heavy (non-hydrogen) atoms. The average molecular weight is 402 g/mol. The Bertz CT molecular complexity index is 1090. The molecule has 0 aliphatic carbocycles. The lowest BCUT2D eigenvalue weighted by atomic mass is 9.98. The molecule has 1 unspecified atom stereocenters. The van der Waals surface area contributed by atoms with E-state index in [1.807, 2.05) is 18.2 Å². The molecule has 1 aromatic carbocycles. The number of hydrogen-bond acceptors (Lipinski definition) is 4. The van der Waals surface area contributed by atoms with Gasteiger partial charge in [-0.1, -0.05) is 12.1 Å². The van der Waals surface area contributed by atoms with E-state index in [1.165, 1.54) is 0 Å². The van der Waals surface area contributed by atoms with Gasteiger partial charge in [0.1, 0.15) is 10.7 Å². The maximum absolute atomic E-state index is 13.3. The number of aromatic amines is 1. The first-order chi connectivity index (χ1) is 13.3. The van der Waals surface area contributed by atoms with Crippen molar-refractivity contribution in [2.75, 3.05) is 13.1 Å². The molecular weight excluding hydrogens is 374 g/mol. The van der Waals surface area contributed by atoms with Crippen LogP contribution in [0.1, 0.15) is 55.9 Å². The SMILES string of the molecule is Cc1n[nH]c(C)c1S(=O)(=O)N1CCCC(c2nc3ccccc3n2C(C)C)C1. The number of fused-ring (bicyclic) bond motifs is 1. The van der Waals surface area contributed by atoms with Gasteiger partial charge in [-0.3, -0.25) is 5.10 Å². The fourth-order valence-electron chi connectivity index (χ4n) is 4.32. The Morgan fingerprint density at radius 3 is 2.64 bits per heavy atom. The Balaban J connectivity index is 1.72. The third-order valence-corrected chi connectivity index (χ3v) is 7.68. The highest BCUT2D eigenvalue weighted by molar-refractivity contribution is 7.89. The Kier molecular flexibility index (Phi) is 4.79. The maximum Gasteiger partial charge on any atom is 0.246 e. The topological polar surface area (TPSA) is 83.9 Å². The van der Waals surface area contributed by atoms with Crippen molar-refractivity contribution in [3.05, 3.63) is 41.5 Å². The van der Waals surface area contributed by atoms with Crippen molar-refractivity contribution in [1.82, 2.24) is 24.1 Å². The fraction of sp³-hybridized carbons (Fsp3) is 0.500. The molecule has 0 amide bonds. The molecule has 0 bridgehead atoms. The Morgan fingerprint density at radius 2 is 1.96 bits per heavy atom. The number of benzene rings is 1. The smallest absolute Gasteiger partial charge is 0.246 e. The van der Waals surface area contributed by atoms with Gasteiger partial charge in [0, 0.05) is 25.0 Å². The highest BCUT2D eigenvalue weighted by Gasteiger charge is 2.35. The maximum atomic E-state index is 13.3. The van der Waals surface area contributed by atoms with E-state index < -0.39 is 10.0 Å². The molecule has 1 saturated heterocycles. The molecule has 2 aromatic heterocycles. The van der Waals surface area contributed by atoms with Gasteiger partial charge in [-0.25, -0.2) is 13.4 Å². The summed E-state index contributed by atoms with van der Waals surface area (Å²) in [6.07, 6.45) is 1.76. The van der Waals surface area contributed by atoms with Crippen LogP contribution in [0.2, 0.25) is 0 Å². The number of imidazole rings is 1. The lowest BCUT2D eigenvalue weighted by Crippen LogP contribution is -2.40. The molecule has 1 fully saturated rings. The number of hydrogen-bond donors (Lipinski definition) is 1. The van der Waals surface area contributed by atoms with E-state index in [9.17, 15) is 8.42 Å². The van der Waals surface area contributed by atoms with Gasteiger partial charge in [-0.05, 0) is 52.7 Å². The Labute approximate surface area is 165 Å². The van der Waals surface area contributed by atoms with Crippen LogP contribution in [-0.4, -0.2) is 45.6 Å². The summed E-state index contributed by atoms with van der Waals surface area (Å²) < 4.78 is 30.5. The van der Waals surface area contributed by atoms with Crippen molar-refractivity contribution in [2.45, 2.75) is 57.4 Å². The van der Waals surface area contributed by atoms with E-state index in [1.54, 1.807) is 18.2 Å². The van der Waals surface area contributed by atoms with Gasteiger partial charge >= 0.3 is 0 Å². The lowest BCUT2D eigenvalue weighted by molar-refractivity contribution is 0.303. The second kappa shape index (κ2) is 7.00. The van der Waals surface area contributed by atoms with Gasteiger partial charge in [-0.15, -0.1) is 0 Å². The second-order valence-electron chi connectivity index (χ2n) is 7.89. The number of H-pyrrole nitrogens is 1. The molecule has 1 atom stereocenters. The van der Waals surface area contributed by atoms with Crippen LogP contribution in [-0.2, 0) is 10.0 Å². The van der Waals surface area contributed by atoms with Gasteiger partial charge in [-0.2, -0.15) is 9.40 Å². The molecule has 4 rings (SSSR count). The Hall–Kier alpha value is -2.19. The largest absolute Gasteiger partial charge is 0.325 e. The molecule has 3 aromatic rings. The van der Waals surface area contributed by atoms with E-state index >= 15 is 0 Å². The third-order valence-electron chi connectivity index (χ3n) is 5.55. The summed E-state index contributed by atoms with van der Waals surface area (Å²) in [5.74, 6) is 1.06. The quantitative estimate of drug-likeness (QED) is 0.725. The van der Waals surface area contributed by atoms with E-state index in [0.29, 0.717) is 29.4 Å². The number of aromatic nitrogens is 4. The minimum atomic E-state index is -3.58. The first-order valence-electron chi connectivity index (χ1n) is 9.79. The summed E-state index contributed by atoms with van der Waals surface area (Å²) in [6.45, 7) is 8.76. The number of rotatable bonds is 4. The number of aryl methyl sites for hydroxylation is 2. The fourth-order valence-corrected chi connectivity index (χ4v) is 6.17. The van der Waals surface area contributed by atoms with Crippen molar-refractivity contribution in [3.63, 3.8) is 0 Å². The zero-order valence-electron chi connectivity index (χ0n) is 16.8. The molecule has 150 valence electrons. The van der Waals surface area contributed by atoms with Crippen LogP contribution in [0.3, 0.4) is 0 Å². The number of sulfonamides is 1. The highest BCUT2D eigenvalue weighted by atomic mass is 32.2. The summed E-state index contributed by atoms with van der Waals surface area (Å²) in [5, 5.41) is 6.87. The summed E-state index contributed by atoms with van der Waals surface area (Å²) in [5.41, 5.74) is 3.18. The number of nitrogens with zero attached hydrogens (tertiary/aromatic N) is 4. The van der Waals surface area contributed by atoms with Crippen molar-refractivity contribution in [1.29, 1.82) is 0 Å². The van der Waals surface area contributed by atoms with Crippen molar-refractivity contribution >= 4 is 21.1 Å². The van der Waals surface area contributed by atoms with Crippen LogP contribution in [0.4, 0.5) is 0 Å². The first-order valence-corrected chi connectivity index (χ1v) is 11.2. The molecule has 1 aliphatic heterocycles. The molecule has 3 heterocycles. The molecule has 0 radical (unpaired) electrons. The molecule has 0 spiro atoms. The lowest BCUT2D eigenvalue weighted by Gasteiger charge is -2.32. The summed E-state index contributed by atoms with van der Waals surface area (Å²) in [6, 6.07) is 8.38. The van der Waals surface area contributed by atoms with Gasteiger partial charge in [0.05, 0.1) is 22.4 Å². The van der Waals surface area contributed by atoms with Crippen LogP contribution in [0.15, 0.2) is 29.2 Å². The summed E-state index contributed by atoms with van der Waals surface area (Å²) >= 11 is 0. The molecule has 8 heteroatoms. The van der Waals surface area contributed by atoms with Crippen LogP contribution in [0.25, 0.3) is 11.0 Å². The van der Waals surface area contributed by atoms with Gasteiger partial charge in [0.25, 0.3) is 0 Å². The highest BCUT2D eigenvalue weighted by Crippen LogP contribution is 2.34. The molecule has 1 aliphatic rings. The standard InChI is InChI=1S/C20H27N5O2S/c1-13(2)25-18-10-6-5-9-17(18)21-20(25)16-8-7-11-24(12-16)28(26,27)19-14(3)22-23-15(19)4/h5-6,9-10,13,16H,7-8,11-12H2,1-4H3,(H,22,23). The molecule has 1 N–H and O–H groups in total. The molecule has 0 saturated carbocycles. The molecular formula is C20H27N5O2S. The number of para-hydroxylation sites is 2. The van der Waals surface area contributed by atoms with Gasteiger partial charge < -0.3 is 4.57 Å². The van der Waals surface area contributed by atoms with Crippen LogP contribution < -0.4 is 0 Å².